The summed E-state index contributed by atoms with van der Waals surface area (Å²) in [5, 5.41) is 12.5. The minimum atomic E-state index is -0.798. The number of carboxylic acids is 1. The summed E-state index contributed by atoms with van der Waals surface area (Å²) in [4.78, 5) is 28.7. The van der Waals surface area contributed by atoms with Gasteiger partial charge in [0.1, 0.15) is 0 Å². The van der Waals surface area contributed by atoms with Gasteiger partial charge in [0.05, 0.1) is 5.92 Å². The van der Waals surface area contributed by atoms with E-state index in [9.17, 15) is 9.59 Å². The summed E-state index contributed by atoms with van der Waals surface area (Å²) in [6, 6.07) is 0. The molecular weight excluding hydrogens is 316 g/mol. The molecule has 1 aliphatic carbocycles. The number of rotatable bonds is 5. The number of carboxylic acid groups (broad SMARTS) is 1. The molecule has 3 rings (SSSR count). The van der Waals surface area contributed by atoms with Crippen LogP contribution in [0.3, 0.4) is 0 Å². The van der Waals surface area contributed by atoms with Crippen LogP contribution in [-0.2, 0) is 20.7 Å². The molecule has 2 atom stereocenters. The molecule has 2 heterocycles. The second-order valence-electron chi connectivity index (χ2n) is 6.43. The topological polar surface area (TPSA) is 88.5 Å². The van der Waals surface area contributed by atoms with Gasteiger partial charge in [-0.05, 0) is 44.4 Å². The van der Waals surface area contributed by atoms with Gasteiger partial charge in [-0.1, -0.05) is 0 Å². The van der Waals surface area contributed by atoms with Gasteiger partial charge in [-0.25, -0.2) is 4.98 Å². The Morgan fingerprint density at radius 2 is 2.00 bits per heavy atom. The van der Waals surface area contributed by atoms with Crippen LogP contribution in [0.2, 0.25) is 0 Å². The Labute approximate surface area is 139 Å². The van der Waals surface area contributed by atoms with E-state index in [0.29, 0.717) is 30.3 Å². The molecule has 2 fully saturated rings. The summed E-state index contributed by atoms with van der Waals surface area (Å²) in [5.41, 5.74) is 0. The Morgan fingerprint density at radius 1 is 1.26 bits per heavy atom. The molecule has 0 radical (unpaired) electrons. The first-order valence-corrected chi connectivity index (χ1v) is 8.99. The molecule has 1 aliphatic heterocycles. The van der Waals surface area contributed by atoms with E-state index in [1.807, 2.05) is 6.20 Å². The predicted octanol–water partition coefficient (Wildman–Crippen LogP) is 2.55. The molecule has 7 heteroatoms. The number of anilines is 1. The van der Waals surface area contributed by atoms with Crippen molar-refractivity contribution in [3.05, 3.63) is 11.1 Å². The molecule has 0 spiro atoms. The number of nitrogens with one attached hydrogen (secondary N) is 1. The highest BCUT2D eigenvalue weighted by atomic mass is 32.1. The Kier molecular flexibility index (Phi) is 5.27. The number of carbonyl (C=O) groups is 2. The second-order valence-corrected chi connectivity index (χ2v) is 7.54. The van der Waals surface area contributed by atoms with Crippen LogP contribution in [0.1, 0.15) is 37.0 Å². The summed E-state index contributed by atoms with van der Waals surface area (Å²) < 4.78 is 5.37. The molecule has 2 aliphatic rings. The molecule has 0 bridgehead atoms. The fourth-order valence-electron chi connectivity index (χ4n) is 3.35. The van der Waals surface area contributed by atoms with Crippen LogP contribution in [0.5, 0.6) is 0 Å². The third-order valence-electron chi connectivity index (χ3n) is 4.77. The Balaban J connectivity index is 1.50. The van der Waals surface area contributed by atoms with Crippen LogP contribution in [0.15, 0.2) is 6.20 Å². The van der Waals surface area contributed by atoms with Gasteiger partial charge in [0, 0.05) is 30.2 Å². The number of carbonyl (C=O) groups excluding carboxylic acids is 1. The molecule has 1 aromatic rings. The number of aromatic nitrogens is 1. The molecular formula is C16H22N2O4S. The minimum absolute atomic E-state index is 0.0966. The molecule has 1 saturated carbocycles. The van der Waals surface area contributed by atoms with E-state index in [1.165, 1.54) is 16.2 Å². The van der Waals surface area contributed by atoms with Crippen molar-refractivity contribution in [2.75, 3.05) is 18.5 Å². The fraction of sp³-hybridized carbons (Fsp3) is 0.688. The van der Waals surface area contributed by atoms with E-state index in [4.69, 9.17) is 9.84 Å². The van der Waals surface area contributed by atoms with Crippen LogP contribution in [0.4, 0.5) is 5.13 Å². The normalized spacial score (nSPS) is 25.4. The van der Waals surface area contributed by atoms with Crippen molar-refractivity contribution in [3.63, 3.8) is 0 Å². The lowest BCUT2D eigenvalue weighted by atomic mass is 9.96. The highest BCUT2D eigenvalue weighted by Gasteiger charge is 2.34. The summed E-state index contributed by atoms with van der Waals surface area (Å²) in [5.74, 6) is -0.849. The number of nitrogens with zero attached hydrogens (tertiary/aromatic N) is 1. The van der Waals surface area contributed by atoms with Gasteiger partial charge in [-0.15, -0.1) is 11.3 Å². The van der Waals surface area contributed by atoms with Gasteiger partial charge < -0.3 is 15.2 Å². The zero-order chi connectivity index (χ0) is 16.2. The van der Waals surface area contributed by atoms with Crippen molar-refractivity contribution >= 4 is 28.3 Å². The largest absolute Gasteiger partial charge is 0.481 e. The van der Waals surface area contributed by atoms with Gasteiger partial charge >= 0.3 is 5.97 Å². The van der Waals surface area contributed by atoms with Crippen molar-refractivity contribution in [2.24, 2.45) is 17.8 Å². The van der Waals surface area contributed by atoms with Crippen molar-refractivity contribution in [1.29, 1.82) is 0 Å². The summed E-state index contributed by atoms with van der Waals surface area (Å²) in [6.07, 6.45) is 6.65. The highest BCUT2D eigenvalue weighted by molar-refractivity contribution is 7.15. The third-order valence-corrected chi connectivity index (χ3v) is 5.70. The standard InChI is InChI=1S/C16H22N2O4S/c19-14(11-1-2-12(8-11)15(20)21)18-16-17-9-13(23-16)7-10-3-5-22-6-4-10/h9-12H,1-8H2,(H,20,21)(H,17,18,19)/t11-,12+/m0/s1. The highest BCUT2D eigenvalue weighted by Crippen LogP contribution is 2.32. The summed E-state index contributed by atoms with van der Waals surface area (Å²) >= 11 is 1.52. The van der Waals surface area contributed by atoms with E-state index < -0.39 is 5.97 Å². The molecule has 23 heavy (non-hydrogen) atoms. The van der Waals surface area contributed by atoms with Crippen molar-refractivity contribution < 1.29 is 19.4 Å². The average molecular weight is 338 g/mol. The molecule has 0 aromatic carbocycles. The maximum absolute atomic E-state index is 12.2. The van der Waals surface area contributed by atoms with E-state index in [-0.39, 0.29) is 17.7 Å². The van der Waals surface area contributed by atoms with Crippen molar-refractivity contribution in [1.82, 2.24) is 4.98 Å². The second kappa shape index (κ2) is 7.40. The number of thiazole rings is 1. The van der Waals surface area contributed by atoms with Crippen LogP contribution in [-0.4, -0.2) is 35.2 Å². The number of aliphatic carboxylic acids is 1. The van der Waals surface area contributed by atoms with Crippen LogP contribution >= 0.6 is 11.3 Å². The van der Waals surface area contributed by atoms with Crippen molar-refractivity contribution in [2.45, 2.75) is 38.5 Å². The number of ether oxygens (including phenoxy) is 1. The van der Waals surface area contributed by atoms with Crippen LogP contribution in [0, 0.1) is 17.8 Å². The molecule has 2 N–H and O–H groups in total. The summed E-state index contributed by atoms with van der Waals surface area (Å²) in [6.45, 7) is 1.67. The average Bonchev–Trinajstić information content (AvgIpc) is 3.18. The fourth-order valence-corrected chi connectivity index (χ4v) is 4.28. The number of amides is 1. The Bertz CT molecular complexity index is 568. The molecule has 1 saturated heterocycles. The zero-order valence-electron chi connectivity index (χ0n) is 13.0. The lowest BCUT2D eigenvalue weighted by molar-refractivity contribution is -0.141. The number of hydrogen-bond donors (Lipinski definition) is 2. The minimum Gasteiger partial charge on any atom is -0.481 e. The van der Waals surface area contributed by atoms with Crippen molar-refractivity contribution in [3.8, 4) is 0 Å². The monoisotopic (exact) mass is 338 g/mol. The maximum atomic E-state index is 12.2. The first-order chi connectivity index (χ1) is 11.1. The van der Waals surface area contributed by atoms with Crippen LogP contribution in [0.25, 0.3) is 0 Å². The lowest BCUT2D eigenvalue weighted by Crippen LogP contribution is -2.21. The van der Waals surface area contributed by atoms with Gasteiger partial charge in [0.15, 0.2) is 5.13 Å². The Hall–Kier alpha value is -1.47. The zero-order valence-corrected chi connectivity index (χ0v) is 13.8. The van der Waals surface area contributed by atoms with Gasteiger partial charge in [-0.3, -0.25) is 9.59 Å². The molecule has 1 amide bonds. The van der Waals surface area contributed by atoms with Gasteiger partial charge in [0.2, 0.25) is 5.91 Å². The third kappa shape index (κ3) is 4.29. The molecule has 126 valence electrons. The van der Waals surface area contributed by atoms with Gasteiger partial charge in [-0.2, -0.15) is 0 Å². The van der Waals surface area contributed by atoms with E-state index in [2.05, 4.69) is 10.3 Å². The van der Waals surface area contributed by atoms with E-state index in [0.717, 1.165) is 32.5 Å². The van der Waals surface area contributed by atoms with E-state index in [1.54, 1.807) is 0 Å². The lowest BCUT2D eigenvalue weighted by Gasteiger charge is -2.20. The predicted molar refractivity (Wildman–Crippen MR) is 86.5 cm³/mol. The maximum Gasteiger partial charge on any atom is 0.306 e. The smallest absolute Gasteiger partial charge is 0.306 e. The molecule has 1 aromatic heterocycles. The van der Waals surface area contributed by atoms with Crippen LogP contribution < -0.4 is 5.32 Å². The first-order valence-electron chi connectivity index (χ1n) is 8.18. The van der Waals surface area contributed by atoms with Gasteiger partial charge in [0.25, 0.3) is 0 Å². The molecule has 6 nitrogen and oxygen atoms in total. The summed E-state index contributed by atoms with van der Waals surface area (Å²) in [7, 11) is 0. The quantitative estimate of drug-likeness (QED) is 0.861. The first kappa shape index (κ1) is 16.4. The van der Waals surface area contributed by atoms with E-state index >= 15 is 0 Å². The SMILES string of the molecule is O=C(O)[C@@H]1CC[C@H](C(=O)Nc2ncc(CC3CCOCC3)s2)C1. The molecule has 0 unspecified atom stereocenters. The number of hydrogen-bond acceptors (Lipinski definition) is 5. The Morgan fingerprint density at radius 3 is 2.70 bits per heavy atom.